The Bertz CT molecular complexity index is 568. The van der Waals surface area contributed by atoms with Crippen LogP contribution in [0, 0.1) is 0 Å². The van der Waals surface area contributed by atoms with Crippen molar-refractivity contribution in [2.24, 2.45) is 0 Å². The van der Waals surface area contributed by atoms with Gasteiger partial charge in [0.05, 0.1) is 0 Å². The minimum Gasteiger partial charge on any atom is -0.324 e. The number of hydrogen-bond donors (Lipinski definition) is 2. The smallest absolute Gasteiger partial charge is 0.324 e. The van der Waals surface area contributed by atoms with Gasteiger partial charge in [-0.1, -0.05) is 241 Å². The van der Waals surface area contributed by atoms with Gasteiger partial charge >= 0.3 is 7.60 Å². The fourth-order valence-electron chi connectivity index (χ4n) is 6.60. The summed E-state index contributed by atoms with van der Waals surface area (Å²) >= 11 is 3.52. The van der Waals surface area contributed by atoms with Crippen molar-refractivity contribution in [1.82, 2.24) is 0 Å². The quantitative estimate of drug-likeness (QED) is 0.0380. The molecule has 0 radical (unpaired) electrons. The van der Waals surface area contributed by atoms with Gasteiger partial charge in [-0.3, -0.25) is 4.57 Å². The Hall–Kier alpha value is 0.630. The number of halogens is 1. The van der Waals surface area contributed by atoms with Crippen molar-refractivity contribution >= 4 is 23.5 Å². The van der Waals surface area contributed by atoms with E-state index in [1.54, 1.807) is 0 Å². The van der Waals surface area contributed by atoms with Crippen LogP contribution in [-0.2, 0) is 4.57 Å². The van der Waals surface area contributed by atoms with Crippen LogP contribution in [0.5, 0.6) is 0 Å². The van der Waals surface area contributed by atoms with E-state index in [-0.39, 0.29) is 6.16 Å². The molecule has 0 saturated carbocycles. The van der Waals surface area contributed by atoms with E-state index in [9.17, 15) is 4.57 Å². The van der Waals surface area contributed by atoms with Crippen molar-refractivity contribution in [2.45, 2.75) is 238 Å². The summed E-state index contributed by atoms with van der Waals surface area (Å²) < 4.78 is 10.8. The summed E-state index contributed by atoms with van der Waals surface area (Å²) in [5, 5.41) is 1.18. The van der Waals surface area contributed by atoms with Crippen LogP contribution in [0.4, 0.5) is 0 Å². The van der Waals surface area contributed by atoms with Crippen LogP contribution >= 0.6 is 23.5 Å². The zero-order valence-corrected chi connectivity index (χ0v) is 32.2. The second-order valence-electron chi connectivity index (χ2n) is 14.2. The molecule has 0 aromatic heterocycles. The molecule has 0 aliphatic heterocycles. The third-order valence-corrected chi connectivity index (χ3v) is 11.0. The second-order valence-corrected chi connectivity index (χ2v) is 16.7. The van der Waals surface area contributed by atoms with Crippen molar-refractivity contribution < 1.29 is 14.4 Å². The largest absolute Gasteiger partial charge is 0.325 e. The van der Waals surface area contributed by atoms with Gasteiger partial charge in [0.2, 0.25) is 0 Å². The monoisotopic (exact) mass is 707 g/mol. The molecule has 0 heterocycles. The van der Waals surface area contributed by atoms with E-state index in [0.29, 0.717) is 6.42 Å². The highest BCUT2D eigenvalue weighted by Crippen LogP contribution is 2.35. The molecule has 0 unspecified atom stereocenters. The lowest BCUT2D eigenvalue weighted by Gasteiger charge is -2.05. The van der Waals surface area contributed by atoms with E-state index in [2.05, 4.69) is 15.9 Å². The first kappa shape index (κ1) is 44.6. The molecule has 0 saturated heterocycles. The number of hydrogen-bond acceptors (Lipinski definition) is 1. The Morgan fingerprint density at radius 1 is 0.273 bits per heavy atom. The molecule has 0 aromatic rings. The summed E-state index contributed by atoms with van der Waals surface area (Å²) in [5.74, 6) is 0. The number of unbranched alkanes of at least 4 members (excludes halogenated alkanes) is 36. The summed E-state index contributed by atoms with van der Waals surface area (Å²) in [6.45, 7) is 0. The average Bonchev–Trinajstić information content (AvgIpc) is 3.00. The fourth-order valence-corrected chi connectivity index (χ4v) is 7.63. The SMILES string of the molecule is O=P(O)(O)CCCCCCCCCCCCCCCCCCCCCCCCCCCCCCCCCCCCCCCBr. The van der Waals surface area contributed by atoms with Crippen molar-refractivity contribution in [1.29, 1.82) is 0 Å². The van der Waals surface area contributed by atoms with Gasteiger partial charge in [0.15, 0.2) is 0 Å². The first-order valence-corrected chi connectivity index (χ1v) is 23.1. The molecule has 0 amide bonds. The standard InChI is InChI=1S/C39H80BrO3P/c40-38-36-34-32-30-28-26-24-22-20-18-16-14-12-10-8-6-4-2-1-3-5-7-9-11-13-15-17-19-21-23-25-27-29-31-33-35-37-39-44(41,42)43/h1-39H2,(H2,41,42,43). The minimum absolute atomic E-state index is 0.0617. The first-order valence-electron chi connectivity index (χ1n) is 20.2. The molecule has 5 heteroatoms. The molecule has 0 aliphatic rings. The predicted octanol–water partition coefficient (Wildman–Crippen LogP) is 15.0. The van der Waals surface area contributed by atoms with Gasteiger partial charge in [0, 0.05) is 11.5 Å². The number of rotatable bonds is 39. The topological polar surface area (TPSA) is 57.5 Å². The van der Waals surface area contributed by atoms with Crippen LogP contribution in [0.3, 0.4) is 0 Å². The molecule has 0 aliphatic carbocycles. The highest BCUT2D eigenvalue weighted by molar-refractivity contribution is 9.09. The maximum Gasteiger partial charge on any atom is 0.325 e. The molecule has 0 fully saturated rings. The summed E-state index contributed by atoms with van der Waals surface area (Å²) in [7, 11) is -3.77. The molecule has 0 atom stereocenters. The maximum atomic E-state index is 10.8. The van der Waals surface area contributed by atoms with Gasteiger partial charge in [-0.2, -0.15) is 0 Å². The third kappa shape index (κ3) is 42.6. The summed E-state index contributed by atoms with van der Waals surface area (Å²) in [6, 6.07) is 0. The zero-order chi connectivity index (χ0) is 32.1. The second kappa shape index (κ2) is 38.1. The van der Waals surface area contributed by atoms with E-state index in [1.807, 2.05) is 0 Å². The van der Waals surface area contributed by atoms with Crippen LogP contribution in [0.25, 0.3) is 0 Å². The molecule has 0 rings (SSSR count). The normalized spacial score (nSPS) is 12.0. The van der Waals surface area contributed by atoms with Gasteiger partial charge in [0.1, 0.15) is 0 Å². The van der Waals surface area contributed by atoms with Crippen LogP contribution in [0.15, 0.2) is 0 Å². The van der Waals surface area contributed by atoms with Crippen molar-refractivity contribution in [3.05, 3.63) is 0 Å². The van der Waals surface area contributed by atoms with E-state index in [1.165, 1.54) is 224 Å². The zero-order valence-electron chi connectivity index (χ0n) is 29.7. The van der Waals surface area contributed by atoms with Crippen LogP contribution in [0.2, 0.25) is 0 Å². The van der Waals surface area contributed by atoms with Gasteiger partial charge in [-0.15, -0.1) is 0 Å². The Balaban J connectivity index is 3.05. The summed E-state index contributed by atoms with van der Waals surface area (Å²) in [6.07, 6.45) is 51.6. The lowest BCUT2D eigenvalue weighted by molar-refractivity contribution is 0.370. The molecule has 44 heavy (non-hydrogen) atoms. The Morgan fingerprint density at radius 2 is 0.409 bits per heavy atom. The Labute approximate surface area is 286 Å². The van der Waals surface area contributed by atoms with Gasteiger partial charge in [0.25, 0.3) is 0 Å². The van der Waals surface area contributed by atoms with E-state index in [0.717, 1.165) is 12.8 Å². The minimum atomic E-state index is -3.77. The Morgan fingerprint density at radius 3 is 0.545 bits per heavy atom. The molecule has 2 N–H and O–H groups in total. The van der Waals surface area contributed by atoms with Gasteiger partial charge < -0.3 is 9.79 Å². The highest BCUT2D eigenvalue weighted by atomic mass is 79.9. The Kier molecular flexibility index (Phi) is 38.6. The average molecular weight is 708 g/mol. The van der Waals surface area contributed by atoms with Crippen LogP contribution in [-0.4, -0.2) is 21.3 Å². The number of alkyl halides is 1. The molecule has 0 spiro atoms. The third-order valence-electron chi connectivity index (χ3n) is 9.58. The van der Waals surface area contributed by atoms with Crippen LogP contribution < -0.4 is 0 Å². The van der Waals surface area contributed by atoms with E-state index >= 15 is 0 Å². The van der Waals surface area contributed by atoms with Crippen molar-refractivity contribution in [2.75, 3.05) is 11.5 Å². The molecule has 0 bridgehead atoms. The molecule has 3 nitrogen and oxygen atoms in total. The van der Waals surface area contributed by atoms with Crippen molar-refractivity contribution in [3.8, 4) is 0 Å². The summed E-state index contributed by atoms with van der Waals surface area (Å²) in [4.78, 5) is 17.7. The van der Waals surface area contributed by atoms with Crippen LogP contribution in [0.1, 0.15) is 238 Å². The maximum absolute atomic E-state index is 10.8. The predicted molar refractivity (Wildman–Crippen MR) is 202 cm³/mol. The molecule has 266 valence electrons. The van der Waals surface area contributed by atoms with Gasteiger partial charge in [-0.25, -0.2) is 0 Å². The fraction of sp³-hybridized carbons (Fsp3) is 1.00. The van der Waals surface area contributed by atoms with Gasteiger partial charge in [-0.05, 0) is 12.8 Å². The summed E-state index contributed by atoms with van der Waals surface area (Å²) in [5.41, 5.74) is 0. The lowest BCUT2D eigenvalue weighted by Crippen LogP contribution is -1.88. The molecule has 0 aromatic carbocycles. The first-order chi connectivity index (χ1) is 21.6. The molecular weight excluding hydrogens is 627 g/mol. The van der Waals surface area contributed by atoms with E-state index < -0.39 is 7.60 Å². The highest BCUT2D eigenvalue weighted by Gasteiger charge is 2.10. The lowest BCUT2D eigenvalue weighted by atomic mass is 10.0. The molecular formula is C39H80BrO3P. The van der Waals surface area contributed by atoms with E-state index in [4.69, 9.17) is 9.79 Å². The van der Waals surface area contributed by atoms with Crippen molar-refractivity contribution in [3.63, 3.8) is 0 Å².